The Labute approximate surface area is 162 Å². The van der Waals surface area contributed by atoms with Crippen LogP contribution in [0, 0.1) is 5.92 Å². The maximum absolute atomic E-state index is 6.53. The molecule has 1 heterocycles. The third-order valence-corrected chi connectivity index (χ3v) is 7.69. The summed E-state index contributed by atoms with van der Waals surface area (Å²) >= 11 is 2.03. The van der Waals surface area contributed by atoms with Gasteiger partial charge in [-0.1, -0.05) is 58.3 Å². The average molecular weight is 382 g/mol. The number of hydrogen-bond donors (Lipinski definition) is 1. The molecule has 1 aliphatic carbocycles. The Bertz CT molecular complexity index is 466. The first-order valence-electron chi connectivity index (χ1n) is 10.7. The van der Waals surface area contributed by atoms with Crippen LogP contribution in [0.15, 0.2) is 12.1 Å². The molecule has 0 saturated heterocycles. The molecule has 25 heavy (non-hydrogen) atoms. The van der Waals surface area contributed by atoms with Crippen molar-refractivity contribution < 1.29 is 0 Å². The lowest BCUT2D eigenvalue weighted by Gasteiger charge is -2.27. The van der Waals surface area contributed by atoms with E-state index >= 15 is 0 Å². The van der Waals surface area contributed by atoms with E-state index in [2.05, 4.69) is 28.3 Å². The zero-order valence-corrected chi connectivity index (χ0v) is 18.4. The smallest absolute Gasteiger partial charge is 0.0158 e. The fourth-order valence-corrected chi connectivity index (χ4v) is 5.85. The summed E-state index contributed by atoms with van der Waals surface area (Å²) in [4.78, 5) is 3.11. The molecule has 144 valence electrons. The van der Waals surface area contributed by atoms with E-state index in [4.69, 9.17) is 5.73 Å². The normalized spacial score (nSPS) is 18.4. The highest BCUT2D eigenvalue weighted by Crippen LogP contribution is 2.29. The quantitative estimate of drug-likeness (QED) is 0.315. The third-order valence-electron chi connectivity index (χ3n) is 6.19. The van der Waals surface area contributed by atoms with Crippen molar-refractivity contribution >= 4 is 20.6 Å². The van der Waals surface area contributed by atoms with Crippen LogP contribution in [0.1, 0.15) is 93.7 Å². The molecule has 0 aliphatic heterocycles. The van der Waals surface area contributed by atoms with E-state index < -0.39 is 0 Å². The lowest BCUT2D eigenvalue weighted by atomic mass is 9.85. The molecule has 2 N–H and O–H groups in total. The van der Waals surface area contributed by atoms with Crippen LogP contribution in [-0.2, 0) is 12.8 Å². The Kier molecular flexibility index (Phi) is 10.0. The van der Waals surface area contributed by atoms with Crippen LogP contribution in [0.5, 0.6) is 0 Å². The third kappa shape index (κ3) is 8.10. The van der Waals surface area contributed by atoms with Crippen LogP contribution < -0.4 is 5.73 Å². The summed E-state index contributed by atoms with van der Waals surface area (Å²) in [5.74, 6) is 1.05. The van der Waals surface area contributed by atoms with Gasteiger partial charge >= 0.3 is 0 Å². The van der Waals surface area contributed by atoms with Crippen LogP contribution in [0.3, 0.4) is 0 Å². The molecule has 1 nitrogen and oxygen atoms in total. The van der Waals surface area contributed by atoms with Crippen LogP contribution >= 0.6 is 20.6 Å². The van der Waals surface area contributed by atoms with Gasteiger partial charge in [0.25, 0.3) is 0 Å². The van der Waals surface area contributed by atoms with Gasteiger partial charge in [0, 0.05) is 15.3 Å². The standard InChI is InChI=1S/C22H40NPS/c1-2-22(23,17-18-24)16-15-21-14-13-20(25-21)12-8-4-7-11-19-9-5-3-6-10-19/h13-14,19H,2-12,15-18,23-24H2,1H3. The van der Waals surface area contributed by atoms with E-state index in [1.807, 2.05) is 11.3 Å². The second-order valence-electron chi connectivity index (χ2n) is 8.23. The van der Waals surface area contributed by atoms with Crippen molar-refractivity contribution in [1.29, 1.82) is 0 Å². The van der Waals surface area contributed by atoms with E-state index in [0.29, 0.717) is 0 Å². The molecule has 0 aromatic carbocycles. The van der Waals surface area contributed by atoms with Crippen LogP contribution in [0.4, 0.5) is 0 Å². The summed E-state index contributed by atoms with van der Waals surface area (Å²) in [6, 6.07) is 4.71. The number of nitrogens with two attached hydrogens (primary N) is 1. The minimum absolute atomic E-state index is 0.0328. The predicted molar refractivity (Wildman–Crippen MR) is 118 cm³/mol. The molecule has 1 saturated carbocycles. The lowest BCUT2D eigenvalue weighted by molar-refractivity contribution is 0.328. The second-order valence-corrected chi connectivity index (χ2v) is 10.1. The summed E-state index contributed by atoms with van der Waals surface area (Å²) in [5.41, 5.74) is 6.56. The summed E-state index contributed by atoms with van der Waals surface area (Å²) in [6.45, 7) is 2.23. The zero-order valence-electron chi connectivity index (χ0n) is 16.4. The maximum Gasteiger partial charge on any atom is 0.0158 e. The number of aryl methyl sites for hydroxylation is 2. The highest BCUT2D eigenvalue weighted by Gasteiger charge is 2.21. The first-order valence-corrected chi connectivity index (χ1v) is 12.3. The molecule has 3 heteroatoms. The Morgan fingerprint density at radius 2 is 1.76 bits per heavy atom. The van der Waals surface area contributed by atoms with Crippen LogP contribution in [0.2, 0.25) is 0 Å². The second kappa shape index (κ2) is 11.7. The van der Waals surface area contributed by atoms with Crippen molar-refractivity contribution in [3.05, 3.63) is 21.9 Å². The first kappa shape index (κ1) is 21.4. The number of unbranched alkanes of at least 4 members (excludes halogenated alkanes) is 2. The number of rotatable bonds is 12. The molecular formula is C22H40NPS. The molecule has 0 bridgehead atoms. The first-order chi connectivity index (χ1) is 12.1. The van der Waals surface area contributed by atoms with Crippen LogP contribution in [0.25, 0.3) is 0 Å². The molecule has 0 amide bonds. The summed E-state index contributed by atoms with van der Waals surface area (Å²) in [7, 11) is 2.82. The molecule has 1 fully saturated rings. The number of hydrogen-bond acceptors (Lipinski definition) is 2. The van der Waals surface area contributed by atoms with Crippen LogP contribution in [-0.4, -0.2) is 11.7 Å². The predicted octanol–water partition coefficient (Wildman–Crippen LogP) is 6.74. The highest BCUT2D eigenvalue weighted by atomic mass is 32.1. The lowest BCUT2D eigenvalue weighted by Crippen LogP contribution is -2.39. The molecule has 1 aromatic rings. The van der Waals surface area contributed by atoms with E-state index in [1.54, 1.807) is 4.88 Å². The summed E-state index contributed by atoms with van der Waals surface area (Å²) in [6.07, 6.45) is 20.1. The molecular weight excluding hydrogens is 341 g/mol. The van der Waals surface area contributed by atoms with Gasteiger partial charge in [-0.15, -0.1) is 20.6 Å². The van der Waals surface area contributed by atoms with Crippen molar-refractivity contribution in [1.82, 2.24) is 0 Å². The zero-order chi connectivity index (χ0) is 18.0. The highest BCUT2D eigenvalue weighted by molar-refractivity contribution is 7.16. The maximum atomic E-state index is 6.53. The largest absolute Gasteiger partial charge is 0.325 e. The topological polar surface area (TPSA) is 26.0 Å². The average Bonchev–Trinajstić information content (AvgIpc) is 3.09. The van der Waals surface area contributed by atoms with Gasteiger partial charge in [-0.25, -0.2) is 0 Å². The SMILES string of the molecule is CCC(N)(CCP)CCc1ccc(CCCCCC2CCCCC2)s1. The molecule has 2 rings (SSSR count). The fourth-order valence-electron chi connectivity index (χ4n) is 4.21. The number of thiophene rings is 1. The monoisotopic (exact) mass is 381 g/mol. The van der Waals surface area contributed by atoms with Crippen molar-refractivity contribution in [3.63, 3.8) is 0 Å². The molecule has 0 spiro atoms. The van der Waals surface area contributed by atoms with Crippen molar-refractivity contribution in [2.24, 2.45) is 11.7 Å². The summed E-state index contributed by atoms with van der Waals surface area (Å²) < 4.78 is 0. The molecule has 1 aliphatic rings. The summed E-state index contributed by atoms with van der Waals surface area (Å²) in [5, 5.41) is 0. The van der Waals surface area contributed by atoms with Gasteiger partial charge < -0.3 is 5.73 Å². The fraction of sp³-hybridized carbons (Fsp3) is 0.818. The minimum Gasteiger partial charge on any atom is -0.325 e. The van der Waals surface area contributed by atoms with Crippen molar-refractivity contribution in [2.45, 2.75) is 102 Å². The van der Waals surface area contributed by atoms with Crippen molar-refractivity contribution in [3.8, 4) is 0 Å². The molecule has 2 unspecified atom stereocenters. The van der Waals surface area contributed by atoms with E-state index in [-0.39, 0.29) is 5.54 Å². The van der Waals surface area contributed by atoms with E-state index in [9.17, 15) is 0 Å². The van der Waals surface area contributed by atoms with E-state index in [0.717, 1.165) is 37.8 Å². The van der Waals surface area contributed by atoms with Gasteiger partial charge in [-0.2, -0.15) is 0 Å². The Balaban J connectivity index is 1.60. The van der Waals surface area contributed by atoms with Gasteiger partial charge in [-0.3, -0.25) is 0 Å². The Morgan fingerprint density at radius 1 is 1.04 bits per heavy atom. The van der Waals surface area contributed by atoms with Gasteiger partial charge in [0.1, 0.15) is 0 Å². The van der Waals surface area contributed by atoms with Gasteiger partial charge in [0.15, 0.2) is 0 Å². The van der Waals surface area contributed by atoms with Gasteiger partial charge in [-0.05, 0) is 62.7 Å². The molecule has 2 atom stereocenters. The molecule has 0 radical (unpaired) electrons. The van der Waals surface area contributed by atoms with Gasteiger partial charge in [0.05, 0.1) is 0 Å². The van der Waals surface area contributed by atoms with Crippen molar-refractivity contribution in [2.75, 3.05) is 6.16 Å². The Morgan fingerprint density at radius 3 is 2.44 bits per heavy atom. The van der Waals surface area contributed by atoms with Gasteiger partial charge in [0.2, 0.25) is 0 Å². The molecule has 1 aromatic heterocycles. The Hall–Kier alpha value is 0.0900. The minimum atomic E-state index is 0.0328. The van der Waals surface area contributed by atoms with E-state index in [1.165, 1.54) is 69.1 Å².